The highest BCUT2D eigenvalue weighted by molar-refractivity contribution is 5.05. The SMILES string of the molecule is C1CC2CC3C(C1)C3C2. The van der Waals surface area contributed by atoms with Crippen molar-refractivity contribution < 1.29 is 0 Å². The molecule has 0 radical (unpaired) electrons. The molecule has 0 heterocycles. The maximum absolute atomic E-state index is 1.62. The Hall–Kier alpha value is 0. The molecular weight excluding hydrogens is 108 g/mol. The van der Waals surface area contributed by atoms with Crippen molar-refractivity contribution in [2.45, 2.75) is 32.1 Å². The molecule has 0 aromatic heterocycles. The zero-order chi connectivity index (χ0) is 5.84. The van der Waals surface area contributed by atoms with Crippen LogP contribution >= 0.6 is 0 Å². The fourth-order valence-corrected chi connectivity index (χ4v) is 3.40. The summed E-state index contributed by atoms with van der Waals surface area (Å²) in [5, 5.41) is 0. The van der Waals surface area contributed by atoms with Crippen LogP contribution in [0, 0.1) is 23.7 Å². The molecule has 0 saturated heterocycles. The first-order valence-electron chi connectivity index (χ1n) is 4.45. The molecule has 0 aromatic carbocycles. The van der Waals surface area contributed by atoms with Crippen LogP contribution in [0.3, 0.4) is 0 Å². The van der Waals surface area contributed by atoms with Gasteiger partial charge in [-0.1, -0.05) is 12.8 Å². The first-order valence-corrected chi connectivity index (χ1v) is 4.45. The summed E-state index contributed by atoms with van der Waals surface area (Å²) >= 11 is 0. The summed E-state index contributed by atoms with van der Waals surface area (Å²) in [6.07, 6.45) is 7.96. The Kier molecular flexibility index (Phi) is 0.717. The van der Waals surface area contributed by atoms with Gasteiger partial charge in [0.15, 0.2) is 0 Å². The first kappa shape index (κ1) is 4.76. The topological polar surface area (TPSA) is 0 Å². The Morgan fingerprint density at radius 1 is 0.778 bits per heavy atom. The van der Waals surface area contributed by atoms with E-state index in [1.807, 2.05) is 0 Å². The summed E-state index contributed by atoms with van der Waals surface area (Å²) in [4.78, 5) is 0. The zero-order valence-electron chi connectivity index (χ0n) is 5.84. The smallest absolute Gasteiger partial charge is 0.0349 e. The molecule has 4 fully saturated rings. The Morgan fingerprint density at radius 3 is 2.33 bits per heavy atom. The number of hydrogen-bond donors (Lipinski definition) is 0. The Bertz CT molecular complexity index is 118. The second-order valence-electron chi connectivity index (χ2n) is 4.26. The maximum atomic E-state index is 1.62. The van der Waals surface area contributed by atoms with Gasteiger partial charge in [0.05, 0.1) is 0 Å². The summed E-state index contributed by atoms with van der Waals surface area (Å²) < 4.78 is 0. The van der Waals surface area contributed by atoms with Gasteiger partial charge >= 0.3 is 0 Å². The second kappa shape index (κ2) is 1.36. The largest absolute Gasteiger partial charge is 0.0528 e. The fraction of sp³-hybridized carbons (Fsp3) is 1.00. The van der Waals surface area contributed by atoms with Gasteiger partial charge in [0, 0.05) is 0 Å². The quantitative estimate of drug-likeness (QED) is 0.463. The number of hydrogen-bond acceptors (Lipinski definition) is 0. The van der Waals surface area contributed by atoms with E-state index in [1.54, 1.807) is 32.1 Å². The van der Waals surface area contributed by atoms with Crippen LogP contribution in [-0.4, -0.2) is 0 Å². The van der Waals surface area contributed by atoms with E-state index >= 15 is 0 Å². The molecule has 0 aromatic rings. The molecule has 4 rings (SSSR count). The molecule has 50 valence electrons. The molecule has 2 atom stereocenters. The molecule has 0 spiro atoms. The van der Waals surface area contributed by atoms with E-state index in [0.717, 1.165) is 0 Å². The molecule has 0 amide bonds. The zero-order valence-corrected chi connectivity index (χ0v) is 5.84. The van der Waals surface area contributed by atoms with Crippen molar-refractivity contribution in [1.82, 2.24) is 0 Å². The highest BCUT2D eigenvalue weighted by atomic mass is 14.6. The van der Waals surface area contributed by atoms with Crippen molar-refractivity contribution in [1.29, 1.82) is 0 Å². The molecule has 4 saturated carbocycles. The number of fused-ring (bicyclic) bond motifs is 2. The van der Waals surface area contributed by atoms with Crippen LogP contribution in [0.4, 0.5) is 0 Å². The minimum atomic E-state index is 1.18. The highest BCUT2D eigenvalue weighted by Gasteiger charge is 2.56. The molecule has 4 aliphatic rings. The van der Waals surface area contributed by atoms with Crippen LogP contribution < -0.4 is 0 Å². The minimum Gasteiger partial charge on any atom is -0.0528 e. The molecule has 2 unspecified atom stereocenters. The van der Waals surface area contributed by atoms with Gasteiger partial charge in [-0.3, -0.25) is 0 Å². The van der Waals surface area contributed by atoms with Crippen molar-refractivity contribution in [3.63, 3.8) is 0 Å². The van der Waals surface area contributed by atoms with E-state index in [0.29, 0.717) is 0 Å². The molecule has 0 N–H and O–H groups in total. The average molecular weight is 122 g/mol. The third-order valence-corrected chi connectivity index (χ3v) is 3.87. The van der Waals surface area contributed by atoms with Crippen LogP contribution in [0.15, 0.2) is 0 Å². The third kappa shape index (κ3) is 0.500. The highest BCUT2D eigenvalue weighted by Crippen LogP contribution is 2.64. The van der Waals surface area contributed by atoms with Gasteiger partial charge in [-0.25, -0.2) is 0 Å². The van der Waals surface area contributed by atoms with E-state index in [2.05, 4.69) is 0 Å². The lowest BCUT2D eigenvalue weighted by Gasteiger charge is -2.04. The predicted molar refractivity (Wildman–Crippen MR) is 37.0 cm³/mol. The van der Waals surface area contributed by atoms with E-state index < -0.39 is 0 Å². The van der Waals surface area contributed by atoms with Gasteiger partial charge in [0.2, 0.25) is 0 Å². The second-order valence-corrected chi connectivity index (χ2v) is 4.26. The van der Waals surface area contributed by atoms with E-state index in [4.69, 9.17) is 0 Å². The summed E-state index contributed by atoms with van der Waals surface area (Å²) in [5.74, 6) is 4.87. The molecular formula is C9H14. The average Bonchev–Trinajstić information content (AvgIpc) is 2.42. The van der Waals surface area contributed by atoms with E-state index in [9.17, 15) is 0 Å². The molecule has 0 aliphatic heterocycles. The molecule has 0 heteroatoms. The summed E-state index contributed by atoms with van der Waals surface area (Å²) in [5.41, 5.74) is 0. The van der Waals surface area contributed by atoms with Gasteiger partial charge in [0.1, 0.15) is 0 Å². The van der Waals surface area contributed by atoms with Crippen molar-refractivity contribution in [2.75, 3.05) is 0 Å². The predicted octanol–water partition coefficient (Wildman–Crippen LogP) is 2.44. The van der Waals surface area contributed by atoms with Crippen molar-refractivity contribution in [3.8, 4) is 0 Å². The number of rotatable bonds is 0. The molecule has 0 nitrogen and oxygen atoms in total. The Balaban J connectivity index is 1.92. The van der Waals surface area contributed by atoms with Gasteiger partial charge < -0.3 is 0 Å². The third-order valence-electron chi connectivity index (χ3n) is 3.87. The minimum absolute atomic E-state index is 1.18. The van der Waals surface area contributed by atoms with Gasteiger partial charge in [0.25, 0.3) is 0 Å². The summed E-state index contributed by atoms with van der Waals surface area (Å²) in [6.45, 7) is 0. The molecule has 4 bridgehead atoms. The van der Waals surface area contributed by atoms with Crippen LogP contribution in [-0.2, 0) is 0 Å². The monoisotopic (exact) mass is 122 g/mol. The van der Waals surface area contributed by atoms with E-state index in [1.165, 1.54) is 23.7 Å². The lowest BCUT2D eigenvalue weighted by molar-refractivity contribution is 0.470. The first-order chi connectivity index (χ1) is 4.45. The molecule has 4 aliphatic carbocycles. The van der Waals surface area contributed by atoms with Gasteiger partial charge in [-0.15, -0.1) is 0 Å². The summed E-state index contributed by atoms with van der Waals surface area (Å²) in [6, 6.07) is 0. The normalized spacial score (nSPS) is 61.3. The van der Waals surface area contributed by atoms with E-state index in [-0.39, 0.29) is 0 Å². The fourth-order valence-electron chi connectivity index (χ4n) is 3.40. The van der Waals surface area contributed by atoms with Gasteiger partial charge in [-0.2, -0.15) is 0 Å². The van der Waals surface area contributed by atoms with Crippen LogP contribution in [0.5, 0.6) is 0 Å². The molecule has 9 heavy (non-hydrogen) atoms. The van der Waals surface area contributed by atoms with Crippen LogP contribution in [0.2, 0.25) is 0 Å². The van der Waals surface area contributed by atoms with Crippen LogP contribution in [0.25, 0.3) is 0 Å². The Morgan fingerprint density at radius 2 is 1.56 bits per heavy atom. The lowest BCUT2D eigenvalue weighted by Crippen LogP contribution is -1.93. The van der Waals surface area contributed by atoms with Crippen LogP contribution in [0.1, 0.15) is 32.1 Å². The van der Waals surface area contributed by atoms with Gasteiger partial charge in [-0.05, 0) is 42.9 Å². The maximum Gasteiger partial charge on any atom is -0.0349 e. The Labute approximate surface area is 56.6 Å². The van der Waals surface area contributed by atoms with Crippen molar-refractivity contribution in [3.05, 3.63) is 0 Å². The van der Waals surface area contributed by atoms with Crippen molar-refractivity contribution >= 4 is 0 Å². The van der Waals surface area contributed by atoms with Crippen molar-refractivity contribution in [2.24, 2.45) is 23.7 Å². The summed E-state index contributed by atoms with van der Waals surface area (Å²) in [7, 11) is 0. The standard InChI is InChI=1S/C9H14/c1-2-6-4-8-7(3-1)9(8)5-6/h6-9H,1-5H2. The lowest BCUT2D eigenvalue weighted by atomic mass is 10.0.